The Balaban J connectivity index is 0.000000271. The smallest absolute Gasteiger partial charge is 0.155 e. The van der Waals surface area contributed by atoms with Crippen molar-refractivity contribution >= 4 is 17.1 Å². The molecular weight excluding hydrogens is 595 g/mol. The largest absolute Gasteiger partial charge is 0.512 e. The van der Waals surface area contributed by atoms with Crippen LogP contribution in [0.4, 0.5) is 0 Å². The van der Waals surface area contributed by atoms with Gasteiger partial charge in [-0.25, -0.2) is 11.3 Å². The van der Waals surface area contributed by atoms with Gasteiger partial charge in [0.15, 0.2) is 5.78 Å². The van der Waals surface area contributed by atoms with Gasteiger partial charge in [0.2, 0.25) is 0 Å². The number of aliphatic hydroxyl groups excluding tert-OH is 1. The van der Waals surface area contributed by atoms with Gasteiger partial charge in [-0.3, -0.25) is 4.79 Å². The van der Waals surface area contributed by atoms with Crippen LogP contribution in [-0.4, -0.2) is 15.9 Å². The maximum Gasteiger partial charge on any atom is 0.155 e. The molecule has 1 radical (unpaired) electrons. The van der Waals surface area contributed by atoms with E-state index in [1.165, 1.54) is 58.2 Å². The fraction of sp³-hybridized carbons (Fsp3) is 0.111. The van der Waals surface area contributed by atoms with Gasteiger partial charge in [0.05, 0.1) is 5.76 Å². The molecular formula is C27H20IrNO2S-. The second kappa shape index (κ2) is 8.59. The number of allylic oxidation sites excluding steroid dienone is 2. The minimum atomic E-state index is -0.225. The predicted molar refractivity (Wildman–Crippen MR) is 124 cm³/mol. The van der Waals surface area contributed by atoms with Gasteiger partial charge in [-0.15, -0.1) is 0 Å². The molecule has 4 aromatic rings. The van der Waals surface area contributed by atoms with Gasteiger partial charge in [0.1, 0.15) is 0 Å². The van der Waals surface area contributed by atoms with E-state index in [2.05, 4.69) is 72.1 Å². The third kappa shape index (κ3) is 3.20. The summed E-state index contributed by atoms with van der Waals surface area (Å²) in [6.07, 6.45) is 3.06. The molecule has 32 heavy (non-hydrogen) atoms. The van der Waals surface area contributed by atoms with Crippen molar-refractivity contribution in [3.05, 3.63) is 112 Å². The van der Waals surface area contributed by atoms with E-state index in [1.807, 2.05) is 6.20 Å². The number of nitrogens with zero attached hydrogens (tertiary/aromatic N) is 1. The first-order valence-electron chi connectivity index (χ1n) is 10.1. The summed E-state index contributed by atoms with van der Waals surface area (Å²) in [5.74, 6) is -0.0625. The fourth-order valence-corrected chi connectivity index (χ4v) is 5.89. The van der Waals surface area contributed by atoms with Crippen LogP contribution in [0, 0.1) is 6.07 Å². The Kier molecular flexibility index (Phi) is 6.00. The van der Waals surface area contributed by atoms with Crippen LogP contribution >= 0.6 is 11.3 Å². The summed E-state index contributed by atoms with van der Waals surface area (Å²) in [4.78, 5) is 16.1. The van der Waals surface area contributed by atoms with E-state index in [-0.39, 0.29) is 37.1 Å². The predicted octanol–water partition coefficient (Wildman–Crippen LogP) is 6.32. The number of carbonyl (C=O) groups excluding carboxylic acids is 1. The summed E-state index contributed by atoms with van der Waals surface area (Å²) in [5.41, 5.74) is 8.73. The average molecular weight is 615 g/mol. The van der Waals surface area contributed by atoms with E-state index in [0.717, 1.165) is 5.69 Å². The number of ketones is 1. The number of carbonyl (C=O) groups is 1. The van der Waals surface area contributed by atoms with Crippen LogP contribution in [0.2, 0.25) is 0 Å². The van der Waals surface area contributed by atoms with Gasteiger partial charge in [0.25, 0.3) is 0 Å². The molecule has 2 aromatic heterocycles. The fourth-order valence-electron chi connectivity index (χ4n) is 4.82. The number of hydrogen-bond acceptors (Lipinski definition) is 4. The van der Waals surface area contributed by atoms with Crippen LogP contribution in [0.15, 0.2) is 84.1 Å². The molecule has 2 heterocycles. The number of fused-ring (bicyclic) bond motifs is 10. The number of thiophene rings is 1. The Morgan fingerprint density at radius 3 is 2.12 bits per heavy atom. The molecule has 0 saturated heterocycles. The van der Waals surface area contributed by atoms with Crippen LogP contribution < -0.4 is 0 Å². The quantitative estimate of drug-likeness (QED) is 0.134. The van der Waals surface area contributed by atoms with E-state index in [1.54, 1.807) is 11.3 Å². The first-order chi connectivity index (χ1) is 15.0. The van der Waals surface area contributed by atoms with Crippen molar-refractivity contribution in [2.75, 3.05) is 0 Å². The molecule has 2 aliphatic carbocycles. The Morgan fingerprint density at radius 2 is 1.56 bits per heavy atom. The monoisotopic (exact) mass is 615 g/mol. The zero-order valence-corrected chi connectivity index (χ0v) is 20.8. The van der Waals surface area contributed by atoms with E-state index in [4.69, 9.17) is 10.1 Å². The van der Waals surface area contributed by atoms with E-state index in [0.29, 0.717) is 0 Å². The van der Waals surface area contributed by atoms with Crippen molar-refractivity contribution in [3.8, 4) is 22.4 Å². The molecule has 2 aliphatic rings. The number of hydrogen-bond donors (Lipinski definition) is 1. The summed E-state index contributed by atoms with van der Waals surface area (Å²) in [6, 6.07) is 25.4. The summed E-state index contributed by atoms with van der Waals surface area (Å²) in [6.45, 7) is 2.85. The van der Waals surface area contributed by atoms with Gasteiger partial charge in [-0.05, 0) is 47.9 Å². The maximum atomic E-state index is 10.0. The van der Waals surface area contributed by atoms with Gasteiger partial charge >= 0.3 is 0 Å². The number of aromatic nitrogens is 1. The van der Waals surface area contributed by atoms with Gasteiger partial charge in [-0.2, -0.15) is 11.6 Å². The second-order valence-corrected chi connectivity index (χ2v) is 8.60. The normalized spacial score (nSPS) is 13.8. The van der Waals surface area contributed by atoms with Crippen LogP contribution in [0.5, 0.6) is 0 Å². The molecule has 1 N–H and O–H groups in total. The molecule has 0 fully saturated rings. The van der Waals surface area contributed by atoms with E-state index < -0.39 is 0 Å². The molecule has 3 nitrogen and oxygen atoms in total. The Morgan fingerprint density at radius 1 is 0.969 bits per heavy atom. The number of pyridine rings is 1. The van der Waals surface area contributed by atoms with Crippen molar-refractivity contribution in [2.24, 2.45) is 0 Å². The third-order valence-corrected chi connectivity index (χ3v) is 6.74. The average Bonchev–Trinajstić information content (AvgIpc) is 3.42. The maximum absolute atomic E-state index is 10.0. The van der Waals surface area contributed by atoms with Crippen LogP contribution in [0.3, 0.4) is 0 Å². The zero-order chi connectivity index (χ0) is 21.6. The summed E-state index contributed by atoms with van der Waals surface area (Å²) in [5, 5.41) is 10.4. The molecule has 0 amide bonds. The Bertz CT molecular complexity index is 1310. The van der Waals surface area contributed by atoms with Crippen molar-refractivity contribution in [3.63, 3.8) is 0 Å². The molecule has 6 rings (SSSR count). The Hall–Kier alpha value is -2.85. The van der Waals surface area contributed by atoms with Crippen LogP contribution in [0.25, 0.3) is 22.4 Å². The molecule has 0 saturated carbocycles. The standard InChI is InChI=1S/C22H12NS.C5H8O2.Ir/c1-3-8-17-14(6-1)15-7-2-4-9-18(15)22(17)19-10-5-12-23-20(19)16-11-13-24-21(16)22;1-4(6)3-5(2)7;/h1-10,12-13H;3,6H,1-2H3;/q-1;;/b;4-3-;. The summed E-state index contributed by atoms with van der Waals surface area (Å²) >= 11 is 1.80. The SMILES string of the molecule is CC(=O)/C=C(/C)O.[Ir].[c-]1csc2c1-c1ncccc1C21c2ccccc2-c2ccccc21. The molecule has 0 aliphatic heterocycles. The van der Waals surface area contributed by atoms with Crippen LogP contribution in [-0.2, 0) is 30.3 Å². The minimum absolute atomic E-state index is 0. The van der Waals surface area contributed by atoms with Crippen molar-refractivity contribution < 1.29 is 30.0 Å². The minimum Gasteiger partial charge on any atom is -0.512 e. The molecule has 1 spiro atoms. The Labute approximate surface area is 204 Å². The summed E-state index contributed by atoms with van der Waals surface area (Å²) < 4.78 is 0. The van der Waals surface area contributed by atoms with E-state index in [9.17, 15) is 4.79 Å². The number of aliphatic hydroxyl groups is 1. The van der Waals surface area contributed by atoms with E-state index >= 15 is 0 Å². The van der Waals surface area contributed by atoms with Gasteiger partial charge < -0.3 is 10.1 Å². The number of rotatable bonds is 1. The summed E-state index contributed by atoms with van der Waals surface area (Å²) in [7, 11) is 0. The van der Waals surface area contributed by atoms with Crippen molar-refractivity contribution in [1.29, 1.82) is 0 Å². The topological polar surface area (TPSA) is 50.2 Å². The molecule has 161 valence electrons. The molecule has 5 heteroatoms. The van der Waals surface area contributed by atoms with Gasteiger partial charge in [0, 0.05) is 37.8 Å². The van der Waals surface area contributed by atoms with Crippen molar-refractivity contribution in [1.82, 2.24) is 4.98 Å². The number of benzene rings is 2. The van der Waals surface area contributed by atoms with Gasteiger partial charge in [-0.1, -0.05) is 70.4 Å². The second-order valence-electron chi connectivity index (χ2n) is 7.72. The molecule has 0 unspecified atom stereocenters. The first kappa shape index (κ1) is 22.3. The van der Waals surface area contributed by atoms with Crippen molar-refractivity contribution in [2.45, 2.75) is 19.3 Å². The van der Waals surface area contributed by atoms with Crippen LogP contribution in [0.1, 0.15) is 35.4 Å². The molecule has 2 aromatic carbocycles. The molecule has 0 atom stereocenters. The third-order valence-electron chi connectivity index (χ3n) is 5.76. The zero-order valence-electron chi connectivity index (χ0n) is 17.5. The first-order valence-corrected chi connectivity index (χ1v) is 11.0. The molecule has 0 bridgehead atoms.